The zero-order chi connectivity index (χ0) is 23.2. The predicted molar refractivity (Wildman–Crippen MR) is 130 cm³/mol. The van der Waals surface area contributed by atoms with Crippen LogP contribution in [-0.4, -0.2) is 21.6 Å². The Kier molecular flexibility index (Phi) is 7.99. The maximum absolute atomic E-state index is 12.4. The van der Waals surface area contributed by atoms with E-state index < -0.39 is 10.1 Å². The highest BCUT2D eigenvalue weighted by Crippen LogP contribution is 2.27. The molecule has 0 atom stereocenters. The largest absolute Gasteiger partial charge is 0.494 e. The van der Waals surface area contributed by atoms with E-state index in [4.69, 9.17) is 20.5 Å². The number of aryl methyl sites for hydroxylation is 1. The van der Waals surface area contributed by atoms with Crippen LogP contribution in [-0.2, 0) is 14.3 Å². The molecule has 3 rings (SSSR count). The van der Waals surface area contributed by atoms with Gasteiger partial charge < -0.3 is 4.74 Å². The molecule has 3 aromatic rings. The van der Waals surface area contributed by atoms with E-state index in [0.29, 0.717) is 6.61 Å². The minimum Gasteiger partial charge on any atom is -0.494 e. The van der Waals surface area contributed by atoms with Crippen molar-refractivity contribution in [2.45, 2.75) is 38.5 Å². The Bertz CT molecular complexity index is 1100. The fourth-order valence-electron chi connectivity index (χ4n) is 3.21. The Morgan fingerprint density at radius 1 is 0.844 bits per heavy atom. The molecule has 0 N–H and O–H groups in total. The van der Waals surface area contributed by atoms with Crippen molar-refractivity contribution in [3.05, 3.63) is 83.4 Å². The summed E-state index contributed by atoms with van der Waals surface area (Å²) in [6.07, 6.45) is 1.57. The third-order valence-electron chi connectivity index (χ3n) is 5.21. The summed E-state index contributed by atoms with van der Waals surface area (Å²) in [5, 5.41) is 0.717. The molecule has 32 heavy (non-hydrogen) atoms. The van der Waals surface area contributed by atoms with Crippen molar-refractivity contribution < 1.29 is 17.3 Å². The SMILES string of the molecule is Cc1ccc(S(=O)(=O)OCC(C)(C)CCCOc2ccc(-c3ccc(Cl)cc3)cc2)cc1. The fraction of sp³-hybridized carbons (Fsp3) is 0.308. The molecular formula is C26H29ClO4S. The highest BCUT2D eigenvalue weighted by Gasteiger charge is 2.23. The van der Waals surface area contributed by atoms with E-state index in [2.05, 4.69) is 0 Å². The predicted octanol–water partition coefficient (Wildman–Crippen LogP) is 6.91. The molecule has 0 aliphatic heterocycles. The molecular weight excluding hydrogens is 444 g/mol. The minimum absolute atomic E-state index is 0.124. The number of halogens is 1. The lowest BCUT2D eigenvalue weighted by Crippen LogP contribution is -2.23. The summed E-state index contributed by atoms with van der Waals surface area (Å²) in [5.74, 6) is 0.804. The van der Waals surface area contributed by atoms with Gasteiger partial charge in [-0.15, -0.1) is 0 Å². The molecule has 0 bridgehead atoms. The van der Waals surface area contributed by atoms with Crippen molar-refractivity contribution in [3.8, 4) is 16.9 Å². The lowest BCUT2D eigenvalue weighted by atomic mass is 9.89. The van der Waals surface area contributed by atoms with Crippen molar-refractivity contribution in [1.82, 2.24) is 0 Å². The van der Waals surface area contributed by atoms with Crippen molar-refractivity contribution in [3.63, 3.8) is 0 Å². The first-order chi connectivity index (χ1) is 15.1. The molecule has 4 nitrogen and oxygen atoms in total. The van der Waals surface area contributed by atoms with E-state index in [1.165, 1.54) is 0 Å². The summed E-state index contributed by atoms with van der Waals surface area (Å²) in [7, 11) is -3.75. The van der Waals surface area contributed by atoms with Crippen LogP contribution < -0.4 is 4.74 Å². The van der Waals surface area contributed by atoms with Crippen molar-refractivity contribution in [1.29, 1.82) is 0 Å². The first-order valence-corrected chi connectivity index (χ1v) is 12.4. The van der Waals surface area contributed by atoms with Gasteiger partial charge in [0, 0.05) is 5.02 Å². The Balaban J connectivity index is 1.44. The second kappa shape index (κ2) is 10.5. The summed E-state index contributed by atoms with van der Waals surface area (Å²) in [6.45, 7) is 6.58. The molecule has 6 heteroatoms. The molecule has 0 amide bonds. The molecule has 0 aliphatic rings. The van der Waals surface area contributed by atoms with Crippen molar-refractivity contribution in [2.75, 3.05) is 13.2 Å². The second-order valence-electron chi connectivity index (χ2n) is 8.68. The smallest absolute Gasteiger partial charge is 0.296 e. The molecule has 0 aliphatic carbocycles. The van der Waals surface area contributed by atoms with E-state index in [1.807, 2.05) is 69.3 Å². The van der Waals surface area contributed by atoms with Gasteiger partial charge >= 0.3 is 0 Å². The standard InChI is InChI=1S/C26H29ClO4S/c1-20-5-15-25(16-6-20)32(28,29)31-19-26(2,3)17-4-18-30-24-13-9-22(10-14-24)21-7-11-23(27)12-8-21/h5-16H,4,17-19H2,1-3H3. The van der Waals surface area contributed by atoms with Crippen LogP contribution in [0.2, 0.25) is 5.02 Å². The van der Waals surface area contributed by atoms with Gasteiger partial charge in [-0.3, -0.25) is 4.18 Å². The quantitative estimate of drug-likeness (QED) is 0.237. The Labute approximate surface area is 196 Å². The first-order valence-electron chi connectivity index (χ1n) is 10.6. The lowest BCUT2D eigenvalue weighted by molar-refractivity contribution is 0.162. The van der Waals surface area contributed by atoms with Gasteiger partial charge in [0.25, 0.3) is 10.1 Å². The van der Waals surface area contributed by atoms with Crippen molar-refractivity contribution in [2.24, 2.45) is 5.41 Å². The normalized spacial score (nSPS) is 12.0. The van der Waals surface area contributed by atoms with Gasteiger partial charge in [0.2, 0.25) is 0 Å². The summed E-state index contributed by atoms with van der Waals surface area (Å²) in [6, 6.07) is 22.3. The molecule has 0 radical (unpaired) electrons. The van der Waals surface area contributed by atoms with Crippen LogP contribution in [0.4, 0.5) is 0 Å². The minimum atomic E-state index is -3.75. The van der Waals surface area contributed by atoms with Crippen LogP contribution in [0, 0.1) is 12.3 Å². The Morgan fingerprint density at radius 2 is 1.41 bits per heavy atom. The molecule has 0 saturated heterocycles. The number of hydrogen-bond acceptors (Lipinski definition) is 4. The van der Waals surface area contributed by atoms with Crippen LogP contribution in [0.25, 0.3) is 11.1 Å². The average Bonchev–Trinajstić information content (AvgIpc) is 2.77. The topological polar surface area (TPSA) is 52.6 Å². The number of rotatable bonds is 10. The lowest BCUT2D eigenvalue weighted by Gasteiger charge is -2.24. The monoisotopic (exact) mass is 472 g/mol. The summed E-state index contributed by atoms with van der Waals surface area (Å²) >= 11 is 5.94. The van der Waals surface area contributed by atoms with Gasteiger partial charge in [-0.05, 0) is 72.7 Å². The van der Waals surface area contributed by atoms with E-state index in [1.54, 1.807) is 24.3 Å². The van der Waals surface area contributed by atoms with Crippen LogP contribution in [0.3, 0.4) is 0 Å². The van der Waals surface area contributed by atoms with Crippen LogP contribution >= 0.6 is 11.6 Å². The summed E-state index contributed by atoms with van der Waals surface area (Å²) < 4.78 is 36.0. The van der Waals surface area contributed by atoms with Gasteiger partial charge in [0.15, 0.2) is 0 Å². The molecule has 0 saturated carbocycles. The van der Waals surface area contributed by atoms with Gasteiger partial charge in [-0.2, -0.15) is 8.42 Å². The molecule has 0 spiro atoms. The highest BCUT2D eigenvalue weighted by molar-refractivity contribution is 7.86. The Morgan fingerprint density at radius 3 is 2.00 bits per heavy atom. The van der Waals surface area contributed by atoms with Crippen LogP contribution in [0.1, 0.15) is 32.3 Å². The molecule has 0 fully saturated rings. The number of hydrogen-bond donors (Lipinski definition) is 0. The number of ether oxygens (including phenoxy) is 1. The van der Waals surface area contributed by atoms with Gasteiger partial charge in [-0.1, -0.05) is 67.4 Å². The molecule has 3 aromatic carbocycles. The van der Waals surface area contributed by atoms with Gasteiger partial charge in [0.1, 0.15) is 5.75 Å². The summed E-state index contributed by atoms with van der Waals surface area (Å²) in [4.78, 5) is 0.185. The van der Waals surface area contributed by atoms with Crippen molar-refractivity contribution >= 4 is 21.7 Å². The Hall–Kier alpha value is -2.34. The van der Waals surface area contributed by atoms with Gasteiger partial charge in [0.05, 0.1) is 18.1 Å². The molecule has 0 heterocycles. The fourth-order valence-corrected chi connectivity index (χ4v) is 4.41. The van der Waals surface area contributed by atoms with E-state index in [-0.39, 0.29) is 16.9 Å². The third-order valence-corrected chi connectivity index (χ3v) is 6.74. The molecule has 0 unspecified atom stereocenters. The second-order valence-corrected chi connectivity index (χ2v) is 10.7. The third kappa shape index (κ3) is 7.09. The number of benzene rings is 3. The van der Waals surface area contributed by atoms with E-state index in [9.17, 15) is 8.42 Å². The van der Waals surface area contributed by atoms with Crippen LogP contribution in [0.15, 0.2) is 77.7 Å². The maximum atomic E-state index is 12.4. The average molecular weight is 473 g/mol. The summed E-state index contributed by atoms with van der Waals surface area (Å²) in [5.41, 5.74) is 2.91. The zero-order valence-electron chi connectivity index (χ0n) is 18.7. The van der Waals surface area contributed by atoms with Crippen LogP contribution in [0.5, 0.6) is 5.75 Å². The van der Waals surface area contributed by atoms with Gasteiger partial charge in [-0.25, -0.2) is 0 Å². The molecule has 0 aromatic heterocycles. The van der Waals surface area contributed by atoms with E-state index in [0.717, 1.165) is 40.3 Å². The van der Waals surface area contributed by atoms with E-state index >= 15 is 0 Å². The zero-order valence-corrected chi connectivity index (χ0v) is 20.2. The highest BCUT2D eigenvalue weighted by atomic mass is 35.5. The maximum Gasteiger partial charge on any atom is 0.296 e. The first kappa shape index (κ1) is 24.3. The molecule has 170 valence electrons.